The number of aromatic nitrogens is 4. The summed E-state index contributed by atoms with van der Waals surface area (Å²) in [6.45, 7) is 0.292. The average molecular weight is 354 g/mol. The van der Waals surface area contributed by atoms with Gasteiger partial charge in [-0.3, -0.25) is 4.79 Å². The predicted octanol–water partition coefficient (Wildman–Crippen LogP) is 2.46. The van der Waals surface area contributed by atoms with Gasteiger partial charge in [-0.05, 0) is 51.3 Å². The van der Waals surface area contributed by atoms with E-state index < -0.39 is 0 Å². The van der Waals surface area contributed by atoms with E-state index in [1.165, 1.54) is 19.3 Å². The Labute approximate surface area is 130 Å². The second kappa shape index (κ2) is 6.38. The molecule has 1 aliphatic rings. The van der Waals surface area contributed by atoms with E-state index in [-0.39, 0.29) is 11.7 Å². The summed E-state index contributed by atoms with van der Waals surface area (Å²) in [5.74, 6) is 0.665. The maximum atomic E-state index is 11.9. The van der Waals surface area contributed by atoms with E-state index in [2.05, 4.69) is 36.8 Å². The molecule has 3 rings (SSSR count). The fourth-order valence-corrected chi connectivity index (χ4v) is 2.93. The van der Waals surface area contributed by atoms with E-state index in [1.54, 1.807) is 12.1 Å². The van der Waals surface area contributed by atoms with Crippen molar-refractivity contribution in [2.45, 2.75) is 44.7 Å². The molecule has 0 unspecified atom stereocenters. The van der Waals surface area contributed by atoms with Crippen molar-refractivity contribution >= 4 is 21.8 Å². The Morgan fingerprint density at radius 1 is 1.38 bits per heavy atom. The molecule has 0 aromatic carbocycles. The smallest absolute Gasteiger partial charge is 0.287 e. The van der Waals surface area contributed by atoms with Crippen molar-refractivity contribution in [3.8, 4) is 0 Å². The Balaban J connectivity index is 1.63. The number of halogens is 1. The summed E-state index contributed by atoms with van der Waals surface area (Å²) in [6.07, 6.45) is 5.87. The van der Waals surface area contributed by atoms with Crippen LogP contribution < -0.4 is 5.32 Å². The number of nitrogens with zero attached hydrogens (tertiary/aromatic N) is 4. The van der Waals surface area contributed by atoms with Gasteiger partial charge in [0.1, 0.15) is 0 Å². The van der Waals surface area contributed by atoms with Gasteiger partial charge in [-0.15, -0.1) is 5.10 Å². The molecule has 1 fully saturated rings. The lowest BCUT2D eigenvalue weighted by atomic mass is 9.95. The summed E-state index contributed by atoms with van der Waals surface area (Å²) in [6, 6.07) is 3.64. The summed E-state index contributed by atoms with van der Waals surface area (Å²) in [5, 5.41) is 14.6. The first-order valence-electron chi connectivity index (χ1n) is 7.04. The first kappa shape index (κ1) is 14.2. The molecule has 0 saturated heterocycles. The number of carbonyl (C=O) groups excluding carboxylic acids is 1. The first-order valence-corrected chi connectivity index (χ1v) is 7.83. The zero-order valence-electron chi connectivity index (χ0n) is 11.5. The van der Waals surface area contributed by atoms with Crippen LogP contribution in [0.4, 0.5) is 0 Å². The van der Waals surface area contributed by atoms with Gasteiger partial charge in [0, 0.05) is 0 Å². The van der Waals surface area contributed by atoms with Crippen molar-refractivity contribution in [2.75, 3.05) is 0 Å². The number of hydrogen-bond donors (Lipinski definition) is 1. The average Bonchev–Trinajstić information content (AvgIpc) is 3.14. The van der Waals surface area contributed by atoms with Crippen LogP contribution in [0.2, 0.25) is 0 Å². The van der Waals surface area contributed by atoms with Crippen LogP contribution in [0.5, 0.6) is 0 Å². The van der Waals surface area contributed by atoms with E-state index in [9.17, 15) is 4.79 Å². The molecule has 0 aliphatic heterocycles. The van der Waals surface area contributed by atoms with Gasteiger partial charge in [-0.1, -0.05) is 19.3 Å². The van der Waals surface area contributed by atoms with Crippen LogP contribution in [-0.2, 0) is 6.54 Å². The minimum absolute atomic E-state index is 0.263. The third-order valence-electron chi connectivity index (χ3n) is 3.69. The van der Waals surface area contributed by atoms with Crippen LogP contribution in [0.1, 0.15) is 54.5 Å². The van der Waals surface area contributed by atoms with E-state index >= 15 is 0 Å². The Kier molecular flexibility index (Phi) is 4.33. The summed E-state index contributed by atoms with van der Waals surface area (Å²) >= 11 is 3.17. The van der Waals surface area contributed by atoms with Gasteiger partial charge in [-0.2, -0.15) is 0 Å². The molecule has 0 radical (unpaired) electrons. The summed E-state index contributed by atoms with van der Waals surface area (Å²) in [4.78, 5) is 11.9. The third kappa shape index (κ3) is 3.31. The lowest BCUT2D eigenvalue weighted by Gasteiger charge is -2.22. The normalized spacial score (nSPS) is 16.0. The zero-order valence-corrected chi connectivity index (χ0v) is 13.0. The standard InChI is InChI=1S/C13H16BrN5O2/c14-11-7-6-10(21-11)13(20)15-8-12-16-17-18-19(12)9-4-2-1-3-5-9/h6-7,9H,1-5,8H2,(H,15,20). The van der Waals surface area contributed by atoms with Crippen molar-refractivity contribution < 1.29 is 9.21 Å². The molecular formula is C13H16BrN5O2. The number of amides is 1. The quantitative estimate of drug-likeness (QED) is 0.912. The lowest BCUT2D eigenvalue weighted by Crippen LogP contribution is -2.26. The molecule has 0 atom stereocenters. The molecule has 1 N–H and O–H groups in total. The molecule has 1 aliphatic carbocycles. The second-order valence-electron chi connectivity index (χ2n) is 5.12. The molecule has 2 aromatic heterocycles. The van der Waals surface area contributed by atoms with Crippen LogP contribution in [0.3, 0.4) is 0 Å². The number of carbonyl (C=O) groups is 1. The van der Waals surface area contributed by atoms with Crippen molar-refractivity contribution in [1.82, 2.24) is 25.5 Å². The summed E-state index contributed by atoms with van der Waals surface area (Å²) in [5.41, 5.74) is 0. The fourth-order valence-electron chi connectivity index (χ4n) is 2.62. The maximum absolute atomic E-state index is 11.9. The highest BCUT2D eigenvalue weighted by Crippen LogP contribution is 2.27. The minimum atomic E-state index is -0.279. The van der Waals surface area contributed by atoms with Crippen LogP contribution in [0, 0.1) is 0 Å². The van der Waals surface area contributed by atoms with Crippen molar-refractivity contribution in [3.05, 3.63) is 28.4 Å². The van der Waals surface area contributed by atoms with Crippen LogP contribution in [0.25, 0.3) is 0 Å². The molecule has 21 heavy (non-hydrogen) atoms. The number of hydrogen-bond acceptors (Lipinski definition) is 5. The van der Waals surface area contributed by atoms with Crippen molar-refractivity contribution in [1.29, 1.82) is 0 Å². The molecule has 112 valence electrons. The van der Waals surface area contributed by atoms with E-state index in [1.807, 2.05) is 4.68 Å². The van der Waals surface area contributed by atoms with Gasteiger partial charge in [0.2, 0.25) is 0 Å². The number of furan rings is 1. The molecule has 2 heterocycles. The highest BCUT2D eigenvalue weighted by molar-refractivity contribution is 9.10. The Morgan fingerprint density at radius 2 is 2.19 bits per heavy atom. The van der Waals surface area contributed by atoms with Crippen LogP contribution in [0.15, 0.2) is 21.2 Å². The van der Waals surface area contributed by atoms with Gasteiger partial charge < -0.3 is 9.73 Å². The molecule has 1 saturated carbocycles. The molecule has 0 spiro atoms. The maximum Gasteiger partial charge on any atom is 0.287 e. The van der Waals surface area contributed by atoms with Gasteiger partial charge in [0.15, 0.2) is 16.3 Å². The second-order valence-corrected chi connectivity index (χ2v) is 5.90. The molecule has 1 amide bonds. The first-order chi connectivity index (χ1) is 10.2. The van der Waals surface area contributed by atoms with Gasteiger partial charge in [0.25, 0.3) is 5.91 Å². The highest BCUT2D eigenvalue weighted by Gasteiger charge is 2.20. The van der Waals surface area contributed by atoms with Gasteiger partial charge in [-0.25, -0.2) is 4.68 Å². The molecular weight excluding hydrogens is 338 g/mol. The fraction of sp³-hybridized carbons (Fsp3) is 0.538. The summed E-state index contributed by atoms with van der Waals surface area (Å²) < 4.78 is 7.58. The van der Waals surface area contributed by atoms with Crippen molar-refractivity contribution in [2.24, 2.45) is 0 Å². The molecule has 7 nitrogen and oxygen atoms in total. The largest absolute Gasteiger partial charge is 0.444 e. The number of tetrazole rings is 1. The van der Waals surface area contributed by atoms with E-state index in [4.69, 9.17) is 4.42 Å². The summed E-state index contributed by atoms with van der Waals surface area (Å²) in [7, 11) is 0. The Hall–Kier alpha value is -1.70. The number of nitrogens with one attached hydrogen (secondary N) is 1. The molecule has 8 heteroatoms. The predicted molar refractivity (Wildman–Crippen MR) is 77.5 cm³/mol. The van der Waals surface area contributed by atoms with Gasteiger partial charge >= 0.3 is 0 Å². The zero-order chi connectivity index (χ0) is 14.7. The Morgan fingerprint density at radius 3 is 2.90 bits per heavy atom. The number of rotatable bonds is 4. The topological polar surface area (TPSA) is 85.8 Å². The SMILES string of the molecule is O=C(NCc1nnnn1C1CCCCC1)c1ccc(Br)o1. The minimum Gasteiger partial charge on any atom is -0.444 e. The van der Waals surface area contributed by atoms with Crippen molar-refractivity contribution in [3.63, 3.8) is 0 Å². The van der Waals surface area contributed by atoms with Crippen LogP contribution in [-0.4, -0.2) is 26.1 Å². The Bertz CT molecular complexity index is 618. The highest BCUT2D eigenvalue weighted by atomic mass is 79.9. The molecule has 0 bridgehead atoms. The lowest BCUT2D eigenvalue weighted by molar-refractivity contribution is 0.0919. The third-order valence-corrected chi connectivity index (χ3v) is 4.11. The van der Waals surface area contributed by atoms with E-state index in [0.717, 1.165) is 12.8 Å². The molecule has 2 aromatic rings. The monoisotopic (exact) mass is 353 g/mol. The van der Waals surface area contributed by atoms with E-state index in [0.29, 0.717) is 23.1 Å². The van der Waals surface area contributed by atoms with Crippen LogP contribution >= 0.6 is 15.9 Å². The van der Waals surface area contributed by atoms with Gasteiger partial charge in [0.05, 0.1) is 12.6 Å².